The second-order valence-electron chi connectivity index (χ2n) is 11.3. The summed E-state index contributed by atoms with van der Waals surface area (Å²) in [5.74, 6) is 0.654. The largest absolute Gasteiger partial charge is 0.304 e. The second-order valence-corrected chi connectivity index (χ2v) is 11.3. The molecule has 1 radical (unpaired) electrons. The fourth-order valence-corrected chi connectivity index (χ4v) is 5.81. The Kier molecular flexibility index (Phi) is 8.62. The van der Waals surface area contributed by atoms with Crippen LogP contribution < -0.4 is 0 Å². The van der Waals surface area contributed by atoms with Crippen molar-refractivity contribution in [2.45, 2.75) is 0 Å². The number of nitrogens with zero attached hydrogens (tertiary/aromatic N) is 3. The van der Waals surface area contributed by atoms with Crippen molar-refractivity contribution >= 4 is 10.8 Å². The molecule has 2 heterocycles. The summed E-state index contributed by atoms with van der Waals surface area (Å²) in [5.41, 5.74) is 11.1. The van der Waals surface area contributed by atoms with Crippen LogP contribution in [0, 0.1) is 6.07 Å². The van der Waals surface area contributed by atoms with Crippen LogP contribution >= 0.6 is 0 Å². The van der Waals surface area contributed by atoms with Crippen LogP contribution in [-0.4, -0.2) is 15.0 Å². The van der Waals surface area contributed by atoms with Gasteiger partial charge in [0.25, 0.3) is 0 Å². The summed E-state index contributed by atoms with van der Waals surface area (Å²) in [6.07, 6.45) is 1.92. The van der Waals surface area contributed by atoms with Gasteiger partial charge in [-0.1, -0.05) is 139 Å². The molecule has 4 heteroatoms. The van der Waals surface area contributed by atoms with Crippen LogP contribution in [0.5, 0.6) is 0 Å². The Morgan fingerprint density at radius 2 is 0.957 bits per heavy atom. The van der Waals surface area contributed by atoms with E-state index in [0.29, 0.717) is 5.82 Å². The molecule has 0 aliphatic carbocycles. The SMILES string of the molecule is [Ir].[c-]1ccc(-c2nc(-c3ccc(-c4ccccc4)cc3)cc(-c3cccc(-c4ccccc4)c3)n2)cc1-c1cc2ccccc2cn1. The van der Waals surface area contributed by atoms with Gasteiger partial charge in [-0.15, -0.1) is 29.8 Å². The van der Waals surface area contributed by atoms with Crippen LogP contribution in [0.4, 0.5) is 0 Å². The molecule has 0 fully saturated rings. The Balaban J connectivity index is 0.00000351. The fraction of sp³-hybridized carbons (Fsp3) is 0. The Hall–Kier alpha value is -5.54. The summed E-state index contributed by atoms with van der Waals surface area (Å²) in [4.78, 5) is 15.0. The summed E-state index contributed by atoms with van der Waals surface area (Å²) in [6, 6.07) is 59.9. The zero-order valence-electron chi connectivity index (χ0n) is 25.3. The number of hydrogen-bond acceptors (Lipinski definition) is 3. The first-order chi connectivity index (χ1) is 22.8. The molecule has 0 aliphatic rings. The van der Waals surface area contributed by atoms with E-state index in [1.54, 1.807) is 0 Å². The van der Waals surface area contributed by atoms with Gasteiger partial charge in [0, 0.05) is 37.4 Å². The third kappa shape index (κ3) is 6.43. The average molecular weight is 779 g/mol. The summed E-state index contributed by atoms with van der Waals surface area (Å²) in [6.45, 7) is 0. The molecule has 0 aliphatic heterocycles. The van der Waals surface area contributed by atoms with E-state index in [1.165, 1.54) is 16.7 Å². The summed E-state index contributed by atoms with van der Waals surface area (Å²) < 4.78 is 0. The molecule has 8 aromatic rings. The predicted molar refractivity (Wildman–Crippen MR) is 189 cm³/mol. The average Bonchev–Trinajstić information content (AvgIpc) is 3.15. The molecule has 0 saturated carbocycles. The Labute approximate surface area is 288 Å². The first kappa shape index (κ1) is 30.1. The molecule has 0 bridgehead atoms. The van der Waals surface area contributed by atoms with E-state index in [2.05, 4.69) is 133 Å². The minimum absolute atomic E-state index is 0. The molecular formula is C43H28IrN3-. The van der Waals surface area contributed by atoms with E-state index in [4.69, 9.17) is 15.0 Å². The van der Waals surface area contributed by atoms with Crippen LogP contribution in [-0.2, 0) is 20.1 Å². The van der Waals surface area contributed by atoms with E-state index in [1.807, 2.05) is 42.6 Å². The van der Waals surface area contributed by atoms with Crippen molar-refractivity contribution in [2.24, 2.45) is 0 Å². The molecule has 0 amide bonds. The molecule has 0 atom stereocenters. The zero-order valence-corrected chi connectivity index (χ0v) is 27.7. The molecule has 47 heavy (non-hydrogen) atoms. The van der Waals surface area contributed by atoms with Gasteiger partial charge in [0.2, 0.25) is 0 Å². The standard InChI is InChI=1S/C43H28N3.Ir/c1-3-11-30(12-4-1)32-21-23-33(24-22-32)41-28-42(37-19-9-17-34(25-37)31-13-5-2-6-14-31)46-43(45-41)38-20-10-18-36(26-38)40-27-35-15-7-8-16-39(35)29-44-40;/h1-17,19-29H;/q-1;. The molecule has 0 N–H and O–H groups in total. The minimum Gasteiger partial charge on any atom is -0.304 e. The molecule has 0 unspecified atom stereocenters. The van der Waals surface area contributed by atoms with Gasteiger partial charge in [-0.05, 0) is 50.9 Å². The first-order valence-corrected chi connectivity index (χ1v) is 15.3. The number of aromatic nitrogens is 3. The number of benzene rings is 6. The summed E-state index contributed by atoms with van der Waals surface area (Å²) in [5, 5.41) is 2.25. The third-order valence-electron chi connectivity index (χ3n) is 8.25. The molecule has 0 saturated heterocycles. The van der Waals surface area contributed by atoms with Crippen LogP contribution in [0.3, 0.4) is 0 Å². The van der Waals surface area contributed by atoms with Crippen molar-refractivity contribution in [2.75, 3.05) is 0 Å². The maximum Gasteiger partial charge on any atom is 0.142 e. The van der Waals surface area contributed by atoms with E-state index < -0.39 is 0 Å². The van der Waals surface area contributed by atoms with Gasteiger partial charge in [-0.3, -0.25) is 0 Å². The molecule has 6 aromatic carbocycles. The van der Waals surface area contributed by atoms with Crippen molar-refractivity contribution in [3.05, 3.63) is 176 Å². The van der Waals surface area contributed by atoms with Crippen LogP contribution in [0.1, 0.15) is 0 Å². The van der Waals surface area contributed by atoms with Crippen LogP contribution in [0.2, 0.25) is 0 Å². The van der Waals surface area contributed by atoms with E-state index in [-0.39, 0.29) is 20.1 Å². The van der Waals surface area contributed by atoms with Crippen LogP contribution in [0.25, 0.3) is 78.2 Å². The zero-order chi connectivity index (χ0) is 30.7. The van der Waals surface area contributed by atoms with Crippen molar-refractivity contribution < 1.29 is 20.1 Å². The number of hydrogen-bond donors (Lipinski definition) is 0. The van der Waals surface area contributed by atoms with E-state index in [9.17, 15) is 0 Å². The summed E-state index contributed by atoms with van der Waals surface area (Å²) in [7, 11) is 0. The van der Waals surface area contributed by atoms with Gasteiger partial charge >= 0.3 is 0 Å². The smallest absolute Gasteiger partial charge is 0.142 e. The second kappa shape index (κ2) is 13.4. The van der Waals surface area contributed by atoms with Gasteiger partial charge < -0.3 is 4.98 Å². The molecule has 0 spiro atoms. The maximum atomic E-state index is 5.14. The summed E-state index contributed by atoms with van der Waals surface area (Å²) >= 11 is 0. The minimum atomic E-state index is 0. The van der Waals surface area contributed by atoms with Gasteiger partial charge in [0.1, 0.15) is 5.82 Å². The molecule has 3 nitrogen and oxygen atoms in total. The van der Waals surface area contributed by atoms with Crippen molar-refractivity contribution in [3.8, 4) is 67.4 Å². The Morgan fingerprint density at radius 1 is 0.383 bits per heavy atom. The monoisotopic (exact) mass is 779 g/mol. The van der Waals surface area contributed by atoms with Gasteiger partial charge in [0.15, 0.2) is 0 Å². The van der Waals surface area contributed by atoms with Crippen molar-refractivity contribution in [1.82, 2.24) is 15.0 Å². The Morgan fingerprint density at radius 3 is 1.70 bits per heavy atom. The molecule has 8 rings (SSSR count). The molecule has 2 aromatic heterocycles. The quantitative estimate of drug-likeness (QED) is 0.158. The van der Waals surface area contributed by atoms with Gasteiger partial charge in [0.05, 0.1) is 11.4 Å². The predicted octanol–water partition coefficient (Wildman–Crippen LogP) is 10.8. The van der Waals surface area contributed by atoms with Gasteiger partial charge in [-0.25, -0.2) is 9.97 Å². The fourth-order valence-electron chi connectivity index (χ4n) is 5.81. The first-order valence-electron chi connectivity index (χ1n) is 15.3. The van der Waals surface area contributed by atoms with E-state index in [0.717, 1.165) is 55.7 Å². The normalized spacial score (nSPS) is 10.8. The molecular weight excluding hydrogens is 751 g/mol. The molecule has 225 valence electrons. The maximum absolute atomic E-state index is 5.14. The van der Waals surface area contributed by atoms with Crippen molar-refractivity contribution in [3.63, 3.8) is 0 Å². The van der Waals surface area contributed by atoms with Gasteiger partial charge in [-0.2, -0.15) is 0 Å². The van der Waals surface area contributed by atoms with Crippen LogP contribution in [0.15, 0.2) is 170 Å². The number of pyridine rings is 1. The Bertz CT molecular complexity index is 2300. The van der Waals surface area contributed by atoms with E-state index >= 15 is 0 Å². The third-order valence-corrected chi connectivity index (χ3v) is 8.25. The van der Waals surface area contributed by atoms with Crippen molar-refractivity contribution in [1.29, 1.82) is 0 Å². The number of fused-ring (bicyclic) bond motifs is 1. The number of rotatable bonds is 6. The topological polar surface area (TPSA) is 38.7 Å².